The van der Waals surface area contributed by atoms with E-state index in [0.717, 1.165) is 12.8 Å². The zero-order chi connectivity index (χ0) is 15.5. The number of nitrogens with one attached hydrogen (secondary N) is 1. The first-order valence-corrected chi connectivity index (χ1v) is 6.94. The Balaban J connectivity index is 2.18. The lowest BCUT2D eigenvalue weighted by Gasteiger charge is -2.08. The van der Waals surface area contributed by atoms with Crippen LogP contribution in [0.2, 0.25) is 0 Å². The van der Waals surface area contributed by atoms with Crippen LogP contribution in [0.25, 0.3) is 0 Å². The standard InChI is InChI=1S/C15H21NO5/c1-20-12-8-6-7-9-13(12)21-15(18)11-5-3-2-4-10-14(17)16-19/h6-9,19H,2-5,10-11H2,1H3,(H,16,17). The van der Waals surface area contributed by atoms with E-state index in [0.29, 0.717) is 37.2 Å². The van der Waals surface area contributed by atoms with Gasteiger partial charge in [0.25, 0.3) is 0 Å². The van der Waals surface area contributed by atoms with Crippen molar-refractivity contribution in [3.05, 3.63) is 24.3 Å². The first kappa shape index (κ1) is 17.0. The normalized spacial score (nSPS) is 10.0. The molecular weight excluding hydrogens is 274 g/mol. The average molecular weight is 295 g/mol. The summed E-state index contributed by atoms with van der Waals surface area (Å²) in [7, 11) is 1.52. The van der Waals surface area contributed by atoms with Gasteiger partial charge in [0.05, 0.1) is 7.11 Å². The monoisotopic (exact) mass is 295 g/mol. The molecule has 21 heavy (non-hydrogen) atoms. The molecule has 0 heterocycles. The summed E-state index contributed by atoms with van der Waals surface area (Å²) in [6.45, 7) is 0. The van der Waals surface area contributed by atoms with E-state index in [1.54, 1.807) is 29.7 Å². The molecule has 0 atom stereocenters. The van der Waals surface area contributed by atoms with Crippen molar-refractivity contribution in [3.8, 4) is 11.5 Å². The Morgan fingerprint density at radius 2 is 1.67 bits per heavy atom. The highest BCUT2D eigenvalue weighted by Crippen LogP contribution is 2.26. The lowest BCUT2D eigenvalue weighted by molar-refractivity contribution is -0.134. The van der Waals surface area contributed by atoms with Crippen LogP contribution in [0.15, 0.2) is 24.3 Å². The topological polar surface area (TPSA) is 84.9 Å². The van der Waals surface area contributed by atoms with E-state index in [2.05, 4.69) is 0 Å². The number of esters is 1. The van der Waals surface area contributed by atoms with E-state index in [1.165, 1.54) is 7.11 Å². The number of carbonyl (C=O) groups is 2. The van der Waals surface area contributed by atoms with Crippen molar-refractivity contribution >= 4 is 11.9 Å². The van der Waals surface area contributed by atoms with E-state index in [-0.39, 0.29) is 11.9 Å². The van der Waals surface area contributed by atoms with Crippen LogP contribution < -0.4 is 15.0 Å². The zero-order valence-corrected chi connectivity index (χ0v) is 12.1. The van der Waals surface area contributed by atoms with Gasteiger partial charge in [-0.1, -0.05) is 25.0 Å². The maximum absolute atomic E-state index is 11.7. The van der Waals surface area contributed by atoms with Gasteiger partial charge in [0.15, 0.2) is 11.5 Å². The fraction of sp³-hybridized carbons (Fsp3) is 0.467. The summed E-state index contributed by atoms with van der Waals surface area (Å²) in [6, 6.07) is 7.00. The van der Waals surface area contributed by atoms with Crippen LogP contribution in [0.4, 0.5) is 0 Å². The molecule has 0 fully saturated rings. The minimum atomic E-state index is -0.384. The number of carbonyl (C=O) groups excluding carboxylic acids is 2. The fourth-order valence-corrected chi connectivity index (χ4v) is 1.84. The average Bonchev–Trinajstić information content (AvgIpc) is 2.50. The largest absolute Gasteiger partial charge is 0.493 e. The molecule has 0 unspecified atom stereocenters. The minimum absolute atomic E-state index is 0.294. The number of para-hydroxylation sites is 2. The molecule has 0 saturated carbocycles. The molecule has 1 aromatic carbocycles. The van der Waals surface area contributed by atoms with E-state index in [1.807, 2.05) is 0 Å². The molecule has 1 aromatic rings. The Bertz CT molecular complexity index is 461. The molecule has 116 valence electrons. The van der Waals surface area contributed by atoms with E-state index >= 15 is 0 Å². The van der Waals surface area contributed by atoms with Crippen molar-refractivity contribution in [2.24, 2.45) is 0 Å². The molecule has 2 N–H and O–H groups in total. The maximum atomic E-state index is 11.7. The molecule has 6 nitrogen and oxygen atoms in total. The van der Waals surface area contributed by atoms with Crippen LogP contribution in [0.1, 0.15) is 38.5 Å². The third-order valence-corrected chi connectivity index (χ3v) is 2.95. The number of benzene rings is 1. The van der Waals surface area contributed by atoms with Crippen molar-refractivity contribution in [2.45, 2.75) is 38.5 Å². The van der Waals surface area contributed by atoms with Crippen LogP contribution in [0.5, 0.6) is 11.5 Å². The number of hydrogen-bond acceptors (Lipinski definition) is 5. The molecule has 6 heteroatoms. The Morgan fingerprint density at radius 1 is 1.05 bits per heavy atom. The maximum Gasteiger partial charge on any atom is 0.311 e. The Labute approximate surface area is 124 Å². The quantitative estimate of drug-likeness (QED) is 0.240. The van der Waals surface area contributed by atoms with Crippen molar-refractivity contribution < 1.29 is 24.3 Å². The zero-order valence-electron chi connectivity index (χ0n) is 12.1. The number of hydrogen-bond donors (Lipinski definition) is 2. The van der Waals surface area contributed by atoms with E-state index < -0.39 is 0 Å². The summed E-state index contributed by atoms with van der Waals surface area (Å²) < 4.78 is 10.3. The van der Waals surface area contributed by atoms with Gasteiger partial charge >= 0.3 is 5.97 Å². The smallest absolute Gasteiger partial charge is 0.311 e. The van der Waals surface area contributed by atoms with Crippen LogP contribution in [-0.4, -0.2) is 24.2 Å². The molecule has 0 saturated heterocycles. The van der Waals surface area contributed by atoms with Crippen molar-refractivity contribution in [1.82, 2.24) is 5.48 Å². The molecule has 0 aromatic heterocycles. The van der Waals surface area contributed by atoms with Gasteiger partial charge in [0.1, 0.15) is 0 Å². The number of rotatable bonds is 9. The summed E-state index contributed by atoms with van der Waals surface area (Å²) in [5.74, 6) is 0.267. The SMILES string of the molecule is COc1ccccc1OC(=O)CCCCCCC(=O)NO. The highest BCUT2D eigenvalue weighted by atomic mass is 16.6. The van der Waals surface area contributed by atoms with Gasteiger partial charge in [0.2, 0.25) is 5.91 Å². The molecule has 0 radical (unpaired) electrons. The van der Waals surface area contributed by atoms with Crippen LogP contribution in [-0.2, 0) is 9.59 Å². The number of hydroxylamine groups is 1. The first-order chi connectivity index (χ1) is 10.2. The number of amides is 1. The van der Waals surface area contributed by atoms with Crippen LogP contribution in [0.3, 0.4) is 0 Å². The van der Waals surface area contributed by atoms with Crippen molar-refractivity contribution in [1.29, 1.82) is 0 Å². The highest BCUT2D eigenvalue weighted by molar-refractivity contribution is 5.74. The fourth-order valence-electron chi connectivity index (χ4n) is 1.84. The predicted octanol–water partition coefficient (Wildman–Crippen LogP) is 2.45. The molecule has 0 aliphatic heterocycles. The van der Waals surface area contributed by atoms with Gasteiger partial charge in [-0.2, -0.15) is 0 Å². The Kier molecular flexibility index (Phi) is 7.89. The molecule has 1 amide bonds. The van der Waals surface area contributed by atoms with E-state index in [4.69, 9.17) is 14.7 Å². The van der Waals surface area contributed by atoms with E-state index in [9.17, 15) is 9.59 Å². The summed E-state index contributed by atoms with van der Waals surface area (Å²) >= 11 is 0. The summed E-state index contributed by atoms with van der Waals surface area (Å²) in [5.41, 5.74) is 1.59. The second kappa shape index (κ2) is 9.77. The summed E-state index contributed by atoms with van der Waals surface area (Å²) in [4.78, 5) is 22.5. The van der Waals surface area contributed by atoms with Gasteiger partial charge in [-0.3, -0.25) is 14.8 Å². The minimum Gasteiger partial charge on any atom is -0.493 e. The van der Waals surface area contributed by atoms with Gasteiger partial charge in [0, 0.05) is 12.8 Å². The highest BCUT2D eigenvalue weighted by Gasteiger charge is 2.09. The first-order valence-electron chi connectivity index (χ1n) is 6.94. The Morgan fingerprint density at radius 3 is 2.29 bits per heavy atom. The molecule has 0 aliphatic rings. The van der Waals surface area contributed by atoms with Crippen LogP contribution >= 0.6 is 0 Å². The van der Waals surface area contributed by atoms with Crippen molar-refractivity contribution in [3.63, 3.8) is 0 Å². The second-order valence-corrected chi connectivity index (χ2v) is 4.57. The molecular formula is C15H21NO5. The van der Waals surface area contributed by atoms with Gasteiger partial charge in [-0.25, -0.2) is 5.48 Å². The summed E-state index contributed by atoms with van der Waals surface area (Å²) in [6.07, 6.45) is 3.67. The number of methoxy groups -OCH3 is 1. The molecule has 0 spiro atoms. The number of ether oxygens (including phenoxy) is 2. The number of unbranched alkanes of at least 4 members (excludes halogenated alkanes) is 3. The molecule has 0 aliphatic carbocycles. The Hall–Kier alpha value is -2.08. The lowest BCUT2D eigenvalue weighted by Crippen LogP contribution is -2.17. The third kappa shape index (κ3) is 6.76. The third-order valence-electron chi connectivity index (χ3n) is 2.95. The van der Waals surface area contributed by atoms with Gasteiger partial charge in [-0.15, -0.1) is 0 Å². The second-order valence-electron chi connectivity index (χ2n) is 4.57. The van der Waals surface area contributed by atoms with Crippen molar-refractivity contribution in [2.75, 3.05) is 7.11 Å². The summed E-state index contributed by atoms with van der Waals surface area (Å²) in [5, 5.41) is 8.32. The predicted molar refractivity (Wildman–Crippen MR) is 76.3 cm³/mol. The lowest BCUT2D eigenvalue weighted by atomic mass is 10.1. The molecule has 1 rings (SSSR count). The van der Waals surface area contributed by atoms with Gasteiger partial charge < -0.3 is 9.47 Å². The van der Waals surface area contributed by atoms with Crippen LogP contribution in [0, 0.1) is 0 Å². The van der Waals surface area contributed by atoms with Gasteiger partial charge in [-0.05, 0) is 25.0 Å². The molecule has 0 bridgehead atoms.